The molecule has 0 aliphatic heterocycles. The van der Waals surface area contributed by atoms with Crippen LogP contribution in [0.3, 0.4) is 0 Å². The highest BCUT2D eigenvalue weighted by molar-refractivity contribution is 5.87. The van der Waals surface area contributed by atoms with Gasteiger partial charge in [0.25, 0.3) is 0 Å². The SMILES string of the molecule is CNC(=O)CNC(=O)[C@H](N)Cc1ccccc1. The standard InChI is InChI=1S/C12H17N3O2/c1-14-11(16)8-15-12(17)10(13)7-9-5-3-2-4-6-9/h2-6,10H,7-8,13H2,1H3,(H,14,16)(H,15,17)/t10-/m1/s1. The normalized spacial score (nSPS) is 11.6. The summed E-state index contributed by atoms with van der Waals surface area (Å²) in [6.45, 7) is -0.0438. The van der Waals surface area contributed by atoms with Gasteiger partial charge in [0.1, 0.15) is 0 Å². The van der Waals surface area contributed by atoms with Crippen molar-refractivity contribution in [3.05, 3.63) is 35.9 Å². The number of hydrogen-bond acceptors (Lipinski definition) is 3. The molecule has 0 aliphatic carbocycles. The van der Waals surface area contributed by atoms with Crippen molar-refractivity contribution in [2.75, 3.05) is 13.6 Å². The number of nitrogens with one attached hydrogen (secondary N) is 2. The van der Waals surface area contributed by atoms with E-state index in [4.69, 9.17) is 5.73 Å². The van der Waals surface area contributed by atoms with Gasteiger partial charge < -0.3 is 16.4 Å². The predicted molar refractivity (Wildman–Crippen MR) is 65.2 cm³/mol. The second-order valence-corrected chi connectivity index (χ2v) is 3.69. The number of amides is 2. The first kappa shape index (κ1) is 13.2. The van der Waals surface area contributed by atoms with Crippen molar-refractivity contribution in [1.29, 1.82) is 0 Å². The van der Waals surface area contributed by atoms with Gasteiger partial charge in [-0.15, -0.1) is 0 Å². The fourth-order valence-corrected chi connectivity index (χ4v) is 1.35. The first-order valence-electron chi connectivity index (χ1n) is 5.41. The summed E-state index contributed by atoms with van der Waals surface area (Å²) in [6.07, 6.45) is 0.459. The van der Waals surface area contributed by atoms with Crippen molar-refractivity contribution in [2.45, 2.75) is 12.5 Å². The topological polar surface area (TPSA) is 84.2 Å². The molecular formula is C12H17N3O2. The molecule has 4 N–H and O–H groups in total. The molecule has 5 heteroatoms. The van der Waals surface area contributed by atoms with Gasteiger partial charge in [-0.3, -0.25) is 9.59 Å². The zero-order chi connectivity index (χ0) is 12.7. The predicted octanol–water partition coefficient (Wildman–Crippen LogP) is -0.581. The lowest BCUT2D eigenvalue weighted by Gasteiger charge is -2.11. The Balaban J connectivity index is 2.40. The second-order valence-electron chi connectivity index (χ2n) is 3.69. The molecule has 92 valence electrons. The van der Waals surface area contributed by atoms with Gasteiger partial charge in [0.05, 0.1) is 12.6 Å². The summed E-state index contributed by atoms with van der Waals surface area (Å²) < 4.78 is 0. The van der Waals surface area contributed by atoms with Crippen LogP contribution in [-0.4, -0.2) is 31.4 Å². The van der Waals surface area contributed by atoms with E-state index in [-0.39, 0.29) is 18.4 Å². The van der Waals surface area contributed by atoms with Crippen LogP contribution in [0, 0.1) is 0 Å². The molecule has 0 aliphatic rings. The van der Waals surface area contributed by atoms with Crippen LogP contribution in [0.25, 0.3) is 0 Å². The summed E-state index contributed by atoms with van der Waals surface area (Å²) in [4.78, 5) is 22.5. The number of carbonyl (C=O) groups is 2. The van der Waals surface area contributed by atoms with Crippen molar-refractivity contribution >= 4 is 11.8 Å². The van der Waals surface area contributed by atoms with E-state index >= 15 is 0 Å². The lowest BCUT2D eigenvalue weighted by atomic mass is 10.1. The minimum absolute atomic E-state index is 0.0438. The van der Waals surface area contributed by atoms with Crippen LogP contribution in [0.5, 0.6) is 0 Å². The highest BCUT2D eigenvalue weighted by Crippen LogP contribution is 2.01. The molecule has 0 fully saturated rings. The molecular weight excluding hydrogens is 218 g/mol. The Hall–Kier alpha value is -1.88. The largest absolute Gasteiger partial charge is 0.358 e. The first-order valence-corrected chi connectivity index (χ1v) is 5.41. The molecule has 0 saturated carbocycles. The minimum atomic E-state index is -0.637. The Labute approximate surface area is 100 Å². The number of likely N-dealkylation sites (N-methyl/N-ethyl adjacent to an activating group) is 1. The lowest BCUT2D eigenvalue weighted by molar-refractivity contribution is -0.126. The molecule has 17 heavy (non-hydrogen) atoms. The van der Waals surface area contributed by atoms with Crippen LogP contribution in [0.2, 0.25) is 0 Å². The zero-order valence-electron chi connectivity index (χ0n) is 9.77. The number of benzene rings is 1. The molecule has 1 rings (SSSR count). The molecule has 0 heterocycles. The summed E-state index contributed by atoms with van der Waals surface area (Å²) in [5, 5.41) is 4.89. The lowest BCUT2D eigenvalue weighted by Crippen LogP contribution is -2.45. The van der Waals surface area contributed by atoms with Crippen LogP contribution >= 0.6 is 0 Å². The van der Waals surface area contributed by atoms with E-state index in [0.717, 1.165) is 5.56 Å². The summed E-state index contributed by atoms with van der Waals surface area (Å²) in [5.41, 5.74) is 6.73. The Morgan fingerprint density at radius 3 is 2.53 bits per heavy atom. The molecule has 0 aromatic heterocycles. The summed E-state index contributed by atoms with van der Waals surface area (Å²) in [7, 11) is 1.51. The molecule has 0 saturated heterocycles. The molecule has 0 bridgehead atoms. The summed E-state index contributed by atoms with van der Waals surface area (Å²) in [6, 6.07) is 8.87. The van der Waals surface area contributed by atoms with E-state index in [2.05, 4.69) is 10.6 Å². The van der Waals surface area contributed by atoms with E-state index < -0.39 is 6.04 Å². The van der Waals surface area contributed by atoms with Gasteiger partial charge in [-0.05, 0) is 12.0 Å². The molecule has 5 nitrogen and oxygen atoms in total. The van der Waals surface area contributed by atoms with E-state index in [0.29, 0.717) is 6.42 Å². The second kappa shape index (κ2) is 6.65. The van der Waals surface area contributed by atoms with Crippen LogP contribution in [0.4, 0.5) is 0 Å². The summed E-state index contributed by atoms with van der Waals surface area (Å²) >= 11 is 0. The molecule has 2 amide bonds. The van der Waals surface area contributed by atoms with Gasteiger partial charge in [-0.1, -0.05) is 30.3 Å². The smallest absolute Gasteiger partial charge is 0.239 e. The maximum Gasteiger partial charge on any atom is 0.239 e. The highest BCUT2D eigenvalue weighted by Gasteiger charge is 2.14. The third-order valence-corrected chi connectivity index (χ3v) is 2.34. The van der Waals surface area contributed by atoms with Crippen molar-refractivity contribution in [2.24, 2.45) is 5.73 Å². The maximum atomic E-state index is 11.6. The summed E-state index contributed by atoms with van der Waals surface area (Å²) in [5.74, 6) is -0.567. The number of hydrogen-bond donors (Lipinski definition) is 3. The van der Waals surface area contributed by atoms with Gasteiger partial charge in [-0.25, -0.2) is 0 Å². The minimum Gasteiger partial charge on any atom is -0.358 e. The van der Waals surface area contributed by atoms with E-state index in [1.54, 1.807) is 0 Å². The van der Waals surface area contributed by atoms with Crippen LogP contribution in [0.15, 0.2) is 30.3 Å². The van der Waals surface area contributed by atoms with Crippen molar-refractivity contribution < 1.29 is 9.59 Å². The van der Waals surface area contributed by atoms with Gasteiger partial charge >= 0.3 is 0 Å². The van der Waals surface area contributed by atoms with Crippen molar-refractivity contribution in [3.63, 3.8) is 0 Å². The van der Waals surface area contributed by atoms with Gasteiger partial charge in [-0.2, -0.15) is 0 Å². The first-order chi connectivity index (χ1) is 8.13. The fraction of sp³-hybridized carbons (Fsp3) is 0.333. The van der Waals surface area contributed by atoms with E-state index in [1.165, 1.54) is 7.05 Å². The Morgan fingerprint density at radius 1 is 1.29 bits per heavy atom. The number of nitrogens with two attached hydrogens (primary N) is 1. The third kappa shape index (κ3) is 4.65. The third-order valence-electron chi connectivity index (χ3n) is 2.34. The Morgan fingerprint density at radius 2 is 1.94 bits per heavy atom. The Kier molecular flexibility index (Phi) is 5.16. The molecule has 0 spiro atoms. The van der Waals surface area contributed by atoms with Gasteiger partial charge in [0.15, 0.2) is 0 Å². The molecule has 1 aromatic carbocycles. The maximum absolute atomic E-state index is 11.6. The monoisotopic (exact) mass is 235 g/mol. The van der Waals surface area contributed by atoms with Crippen LogP contribution < -0.4 is 16.4 Å². The van der Waals surface area contributed by atoms with Crippen LogP contribution in [0.1, 0.15) is 5.56 Å². The van der Waals surface area contributed by atoms with Crippen molar-refractivity contribution in [3.8, 4) is 0 Å². The van der Waals surface area contributed by atoms with Crippen molar-refractivity contribution in [1.82, 2.24) is 10.6 Å². The number of carbonyl (C=O) groups excluding carboxylic acids is 2. The van der Waals surface area contributed by atoms with E-state index in [9.17, 15) is 9.59 Å². The average molecular weight is 235 g/mol. The molecule has 1 atom stereocenters. The highest BCUT2D eigenvalue weighted by atomic mass is 16.2. The molecule has 0 radical (unpaired) electrons. The van der Waals surface area contributed by atoms with Gasteiger partial charge in [0.2, 0.25) is 11.8 Å². The molecule has 0 unspecified atom stereocenters. The van der Waals surface area contributed by atoms with E-state index in [1.807, 2.05) is 30.3 Å². The molecule has 1 aromatic rings. The fourth-order valence-electron chi connectivity index (χ4n) is 1.35. The average Bonchev–Trinajstić information content (AvgIpc) is 2.36. The number of rotatable bonds is 5. The van der Waals surface area contributed by atoms with Crippen LogP contribution in [-0.2, 0) is 16.0 Å². The Bertz CT molecular complexity index is 379. The van der Waals surface area contributed by atoms with Gasteiger partial charge in [0, 0.05) is 7.05 Å². The quantitative estimate of drug-likeness (QED) is 0.638. The zero-order valence-corrected chi connectivity index (χ0v) is 9.77.